The van der Waals surface area contributed by atoms with Crippen molar-refractivity contribution in [2.24, 2.45) is 0 Å². The summed E-state index contributed by atoms with van der Waals surface area (Å²) in [6.07, 6.45) is -4.64. The minimum absolute atomic E-state index is 0.0849. The molecule has 1 N–H and O–H groups in total. The number of alkyl halides is 3. The minimum atomic E-state index is -4.64. The van der Waals surface area contributed by atoms with Gasteiger partial charge in [0, 0.05) is 26.2 Å². The fraction of sp³-hybridized carbons (Fsp3) is 0.538. The summed E-state index contributed by atoms with van der Waals surface area (Å²) in [5, 5.41) is 14.2. The topological polar surface area (TPSA) is 76.9 Å². The van der Waals surface area contributed by atoms with Crippen LogP contribution in [0.2, 0.25) is 0 Å². The molecule has 1 aromatic rings. The summed E-state index contributed by atoms with van der Waals surface area (Å²) in [6, 6.07) is 0.0127. The number of nitrogens with one attached hydrogen (secondary N) is 1. The summed E-state index contributed by atoms with van der Waals surface area (Å²) in [6.45, 7) is 0.918. The van der Waals surface area contributed by atoms with E-state index < -0.39 is 28.4 Å². The molecule has 0 bridgehead atoms. The monoisotopic (exact) mass is 333 g/mol. The van der Waals surface area contributed by atoms with Crippen molar-refractivity contribution in [2.45, 2.75) is 12.2 Å². The maximum atomic E-state index is 13.6. The Morgan fingerprint density at radius 3 is 2.39 bits per heavy atom. The molecule has 2 heterocycles. The van der Waals surface area contributed by atoms with Gasteiger partial charge in [0.1, 0.15) is 6.04 Å². The van der Waals surface area contributed by atoms with Crippen LogP contribution in [0.4, 0.5) is 18.9 Å². The second-order valence-electron chi connectivity index (χ2n) is 5.25. The standard InChI is InChI=1S/C13H14F3N3O4/c14-13(15,16)12(18-3-1-17-2-4-18)8-5-10-11(23-7-22-10)6-9(8)19(20)21/h5-6,12,17H,1-4,7H2/t12-/m1/s1. The van der Waals surface area contributed by atoms with E-state index in [2.05, 4.69) is 5.32 Å². The molecule has 1 saturated heterocycles. The van der Waals surface area contributed by atoms with Crippen LogP contribution in [0.5, 0.6) is 11.5 Å². The maximum Gasteiger partial charge on any atom is 0.408 e. The van der Waals surface area contributed by atoms with Crippen molar-refractivity contribution >= 4 is 5.69 Å². The lowest BCUT2D eigenvalue weighted by molar-refractivity contribution is -0.386. The van der Waals surface area contributed by atoms with Gasteiger partial charge in [-0.25, -0.2) is 0 Å². The summed E-state index contributed by atoms with van der Waals surface area (Å²) >= 11 is 0. The largest absolute Gasteiger partial charge is 0.454 e. The van der Waals surface area contributed by atoms with Crippen LogP contribution in [0.1, 0.15) is 11.6 Å². The lowest BCUT2D eigenvalue weighted by Crippen LogP contribution is -2.49. The van der Waals surface area contributed by atoms with Gasteiger partial charge in [-0.15, -0.1) is 0 Å². The van der Waals surface area contributed by atoms with E-state index in [0.717, 1.165) is 12.1 Å². The fourth-order valence-corrected chi connectivity index (χ4v) is 2.84. The highest BCUT2D eigenvalue weighted by Gasteiger charge is 2.48. The van der Waals surface area contributed by atoms with Gasteiger partial charge in [-0.05, 0) is 6.07 Å². The second kappa shape index (κ2) is 5.85. The first kappa shape index (κ1) is 15.8. The van der Waals surface area contributed by atoms with Crippen molar-refractivity contribution < 1.29 is 27.6 Å². The first-order chi connectivity index (χ1) is 10.9. The van der Waals surface area contributed by atoms with Crippen molar-refractivity contribution in [3.05, 3.63) is 27.8 Å². The number of ether oxygens (including phenoxy) is 2. The normalized spacial score (nSPS) is 19.6. The van der Waals surface area contributed by atoms with Gasteiger partial charge in [-0.2, -0.15) is 13.2 Å². The highest BCUT2D eigenvalue weighted by atomic mass is 19.4. The van der Waals surface area contributed by atoms with Crippen molar-refractivity contribution in [2.75, 3.05) is 33.0 Å². The molecule has 10 heteroatoms. The molecule has 0 radical (unpaired) electrons. The van der Waals surface area contributed by atoms with E-state index in [-0.39, 0.29) is 31.4 Å². The van der Waals surface area contributed by atoms with Gasteiger partial charge in [-0.3, -0.25) is 15.0 Å². The average molecular weight is 333 g/mol. The number of piperazine rings is 1. The number of hydrogen-bond acceptors (Lipinski definition) is 6. The van der Waals surface area contributed by atoms with Gasteiger partial charge in [0.25, 0.3) is 5.69 Å². The predicted octanol–water partition coefficient (Wildman–Crippen LogP) is 1.83. The molecule has 1 aromatic carbocycles. The Morgan fingerprint density at radius 1 is 1.22 bits per heavy atom. The van der Waals surface area contributed by atoms with Crippen LogP contribution in [0.15, 0.2) is 12.1 Å². The van der Waals surface area contributed by atoms with E-state index in [0.29, 0.717) is 13.1 Å². The number of halogens is 3. The maximum absolute atomic E-state index is 13.6. The molecule has 0 aromatic heterocycles. The molecule has 2 aliphatic heterocycles. The Balaban J connectivity index is 2.09. The lowest BCUT2D eigenvalue weighted by atomic mass is 10.0. The molecule has 23 heavy (non-hydrogen) atoms. The van der Waals surface area contributed by atoms with Crippen molar-refractivity contribution in [3.8, 4) is 11.5 Å². The van der Waals surface area contributed by atoms with Crippen molar-refractivity contribution in [3.63, 3.8) is 0 Å². The summed E-state index contributed by atoms with van der Waals surface area (Å²) in [5.41, 5.74) is -1.04. The zero-order valence-corrected chi connectivity index (χ0v) is 11.9. The molecule has 1 atom stereocenters. The Labute approximate surface area is 129 Å². The molecular weight excluding hydrogens is 319 g/mol. The molecule has 7 nitrogen and oxygen atoms in total. The minimum Gasteiger partial charge on any atom is -0.454 e. The predicted molar refractivity (Wildman–Crippen MR) is 72.5 cm³/mol. The third-order valence-electron chi connectivity index (χ3n) is 3.84. The highest BCUT2D eigenvalue weighted by molar-refractivity contribution is 5.56. The zero-order valence-electron chi connectivity index (χ0n) is 11.9. The lowest BCUT2D eigenvalue weighted by Gasteiger charge is -2.35. The van der Waals surface area contributed by atoms with Crippen LogP contribution in [0.25, 0.3) is 0 Å². The van der Waals surface area contributed by atoms with Crippen LogP contribution in [-0.2, 0) is 0 Å². The average Bonchev–Trinajstić information content (AvgIpc) is 2.93. The molecule has 0 saturated carbocycles. The number of nitrogens with zero attached hydrogens (tertiary/aromatic N) is 2. The molecule has 0 spiro atoms. The molecule has 0 unspecified atom stereocenters. The summed E-state index contributed by atoms with van der Waals surface area (Å²) in [5.74, 6) is 0.177. The van der Waals surface area contributed by atoms with Gasteiger partial charge in [0.15, 0.2) is 11.5 Å². The molecule has 126 valence electrons. The van der Waals surface area contributed by atoms with Gasteiger partial charge < -0.3 is 14.8 Å². The third kappa shape index (κ3) is 3.04. The summed E-state index contributed by atoms with van der Waals surface area (Å²) < 4.78 is 51.0. The second-order valence-corrected chi connectivity index (χ2v) is 5.25. The highest BCUT2D eigenvalue weighted by Crippen LogP contribution is 2.46. The molecule has 2 aliphatic rings. The Hall–Kier alpha value is -2.07. The number of fused-ring (bicyclic) bond motifs is 1. The van der Waals surface area contributed by atoms with E-state index in [1.165, 1.54) is 4.90 Å². The molecular formula is C13H14F3N3O4. The quantitative estimate of drug-likeness (QED) is 0.672. The van der Waals surface area contributed by atoms with E-state index in [1.807, 2.05) is 0 Å². The van der Waals surface area contributed by atoms with Crippen LogP contribution in [-0.4, -0.2) is 49.0 Å². The van der Waals surface area contributed by atoms with Crippen molar-refractivity contribution in [1.29, 1.82) is 0 Å². The van der Waals surface area contributed by atoms with E-state index in [9.17, 15) is 23.3 Å². The Kier molecular flexibility index (Phi) is 4.02. The summed E-state index contributed by atoms with van der Waals surface area (Å²) in [4.78, 5) is 11.6. The van der Waals surface area contributed by atoms with Crippen LogP contribution in [0, 0.1) is 10.1 Å². The van der Waals surface area contributed by atoms with Crippen LogP contribution in [0.3, 0.4) is 0 Å². The summed E-state index contributed by atoms with van der Waals surface area (Å²) in [7, 11) is 0. The van der Waals surface area contributed by atoms with E-state index in [4.69, 9.17) is 9.47 Å². The molecule has 1 fully saturated rings. The van der Waals surface area contributed by atoms with Gasteiger partial charge in [0.05, 0.1) is 16.6 Å². The third-order valence-corrected chi connectivity index (χ3v) is 3.84. The number of nitro groups is 1. The Bertz CT molecular complexity index is 617. The van der Waals surface area contributed by atoms with E-state index in [1.54, 1.807) is 0 Å². The first-order valence-corrected chi connectivity index (χ1v) is 6.97. The van der Waals surface area contributed by atoms with E-state index >= 15 is 0 Å². The first-order valence-electron chi connectivity index (χ1n) is 6.97. The van der Waals surface area contributed by atoms with Gasteiger partial charge in [0.2, 0.25) is 6.79 Å². The fourth-order valence-electron chi connectivity index (χ4n) is 2.84. The van der Waals surface area contributed by atoms with Gasteiger partial charge >= 0.3 is 6.18 Å². The number of nitro benzene ring substituents is 1. The molecule has 0 aliphatic carbocycles. The zero-order chi connectivity index (χ0) is 16.6. The molecule has 0 amide bonds. The number of benzene rings is 1. The van der Waals surface area contributed by atoms with Crippen LogP contribution >= 0.6 is 0 Å². The van der Waals surface area contributed by atoms with Crippen LogP contribution < -0.4 is 14.8 Å². The molecule has 3 rings (SSSR count). The number of rotatable bonds is 3. The smallest absolute Gasteiger partial charge is 0.408 e. The SMILES string of the molecule is O=[N+]([O-])c1cc2c(cc1[C@@H](N1CCNCC1)C(F)(F)F)OCO2. The van der Waals surface area contributed by atoms with Crippen molar-refractivity contribution in [1.82, 2.24) is 10.2 Å². The Morgan fingerprint density at radius 2 is 1.83 bits per heavy atom. The van der Waals surface area contributed by atoms with Gasteiger partial charge in [-0.1, -0.05) is 0 Å². The number of hydrogen-bond donors (Lipinski definition) is 1.